The third-order valence-corrected chi connectivity index (χ3v) is 30.3. The van der Waals surface area contributed by atoms with Gasteiger partial charge in [-0.2, -0.15) is 0 Å². The fourth-order valence-electron chi connectivity index (χ4n) is 28.3. The van der Waals surface area contributed by atoms with Gasteiger partial charge in [-0.3, -0.25) is 9.69 Å². The van der Waals surface area contributed by atoms with Crippen molar-refractivity contribution in [1.82, 2.24) is 9.80 Å². The van der Waals surface area contributed by atoms with E-state index >= 15 is 9.59 Å². The number of aliphatic hydroxyl groups is 1. The Morgan fingerprint density at radius 3 is 2.56 bits per heavy atom. The summed E-state index contributed by atoms with van der Waals surface area (Å²) < 4.78 is 15.0. The molecule has 7 aliphatic heterocycles. The lowest BCUT2D eigenvalue weighted by Crippen LogP contribution is -2.78. The van der Waals surface area contributed by atoms with E-state index in [1.54, 1.807) is 16.8 Å². The fourth-order valence-corrected chi connectivity index (χ4v) is 28.3. The molecular weight excluding hydrogens is 999 g/mol. The van der Waals surface area contributed by atoms with Crippen LogP contribution >= 0.6 is 0 Å². The predicted octanol–water partition coefficient (Wildman–Crippen LogP) is 13.8. The Balaban J connectivity index is 0.892. The topological polar surface area (TPSA) is 105 Å². The predicted molar refractivity (Wildman–Crippen MR) is 310 cm³/mol. The first-order chi connectivity index (χ1) is 39.6. The molecule has 8 nitrogen and oxygen atoms in total. The lowest BCUT2D eigenvalue weighted by molar-refractivity contribution is -0.282. The number of ether oxygens (including phenoxy) is 2. The SMILES string of the molecule is C[C@@H]1CC2=C3[C@H]4C5=C6[C@@H](/C=C\[C@@H](C7CCCCC7)C[C@H]7[C@]68C(=O)O/C(=C(/O)C[C@@H]6[C@H]9CC%10(CCCC%10)[C@]%10(CCC[C@@]%10%11CCC[C@@H]%11C#CC[C@H]%10[C@@H]%11CN3[C@H]3[C@H](CC[C@@H]%11[C@H]3CN6%10)C2)C9)[C@@]8(CC5)[C@]72OC(=O)c3c(CCCN)cccc32)C[C@@H]41. The summed E-state index contributed by atoms with van der Waals surface area (Å²) in [7, 11) is 0. The standard InChI is InChI=1S/C73H91N3O5/c1-41-32-47-33-46-22-23-50-53-39-76-63(46)54(50)40-75-56(53)19-8-16-49-17-9-27-69(49)28-11-29-70(69)38-48(37-68(70)25-5-6-26-68)57(75)36-58(77)65-71-30-24-51-61(64(47)76)52(41)34-45-21-20-44(42-12-3-2-4-13-42)35-59(72(71,62(45)51)67(79)80-65)73(71)55-18-7-14-43(15-10-31-74)60(55)66(78)81-73/h7,14,18,20-21,41-42,44-46,48-50,52-54,56-57,59,61,63,77H,2-6,9-13,15,17,19,22-40,74H2,1H3/b21-20-,65-58+/t41-,44-,45+,46-,48+,49+,50+,52-,53-,54-,56+,57-,59+,61+,63+,69-,70+,71-,72-,73-/m1/s1. The highest BCUT2D eigenvalue weighted by Gasteiger charge is 2.94. The van der Waals surface area contributed by atoms with Crippen molar-refractivity contribution in [3.8, 4) is 11.8 Å². The molecule has 0 amide bonds. The van der Waals surface area contributed by atoms with Crippen LogP contribution in [0.1, 0.15) is 208 Å². The van der Waals surface area contributed by atoms with Crippen LogP contribution in [0.5, 0.6) is 0 Å². The summed E-state index contributed by atoms with van der Waals surface area (Å²) in [5, 5.41) is 14.4. The zero-order chi connectivity index (χ0) is 53.7. The quantitative estimate of drug-likeness (QED) is 0.175. The first-order valence-corrected chi connectivity index (χ1v) is 34.5. The highest BCUT2D eigenvalue weighted by Crippen LogP contribution is 2.89. The van der Waals surface area contributed by atoms with Gasteiger partial charge in [0.05, 0.1) is 11.0 Å². The molecule has 8 heteroatoms. The summed E-state index contributed by atoms with van der Waals surface area (Å²) in [6, 6.07) is 7.50. The average molecular weight is 1090 g/mol. The number of fused-ring (bicyclic) bond motifs is 7. The largest absolute Gasteiger partial charge is 0.509 e. The maximum atomic E-state index is 16.9. The molecule has 20 atom stereocenters. The Morgan fingerprint density at radius 1 is 0.802 bits per heavy atom. The van der Waals surface area contributed by atoms with Crippen LogP contribution in [0.25, 0.3) is 0 Å². The second kappa shape index (κ2) is 16.8. The zero-order valence-electron chi connectivity index (χ0n) is 48.8. The second-order valence-corrected chi connectivity index (χ2v) is 32.0. The van der Waals surface area contributed by atoms with E-state index in [1.165, 1.54) is 140 Å². The molecule has 11 aliphatic carbocycles. The van der Waals surface area contributed by atoms with E-state index in [0.717, 1.165) is 56.3 Å². The molecule has 19 rings (SSSR count). The highest BCUT2D eigenvalue weighted by molar-refractivity contribution is 6.00. The van der Waals surface area contributed by atoms with Crippen LogP contribution in [0.4, 0.5) is 0 Å². The van der Waals surface area contributed by atoms with Gasteiger partial charge in [-0.15, -0.1) is 5.92 Å². The molecule has 3 N–H and O–H groups in total. The summed E-state index contributed by atoms with van der Waals surface area (Å²) in [4.78, 5) is 38.8. The molecule has 7 saturated carbocycles. The number of carbonyl (C=O) groups excluding carboxylic acids is 2. The summed E-state index contributed by atoms with van der Waals surface area (Å²) in [6.07, 6.45) is 38.8. The Morgan fingerprint density at radius 2 is 1.68 bits per heavy atom. The van der Waals surface area contributed by atoms with Gasteiger partial charge < -0.3 is 25.2 Å². The van der Waals surface area contributed by atoms with Gasteiger partial charge in [0.1, 0.15) is 11.2 Å². The molecule has 1 aromatic rings. The van der Waals surface area contributed by atoms with E-state index < -0.39 is 16.4 Å². The van der Waals surface area contributed by atoms with Gasteiger partial charge in [0.15, 0.2) is 11.4 Å². The van der Waals surface area contributed by atoms with Crippen molar-refractivity contribution in [1.29, 1.82) is 0 Å². The number of hydrogen-bond acceptors (Lipinski definition) is 8. The molecule has 10 fully saturated rings. The van der Waals surface area contributed by atoms with Gasteiger partial charge in [0.25, 0.3) is 0 Å². The van der Waals surface area contributed by atoms with Crippen LogP contribution in [0.2, 0.25) is 0 Å². The number of hydrogen-bond donors (Lipinski definition) is 2. The third-order valence-electron chi connectivity index (χ3n) is 30.3. The summed E-state index contributed by atoms with van der Waals surface area (Å²) in [6.45, 7) is 5.40. The van der Waals surface area contributed by atoms with E-state index in [1.807, 2.05) is 0 Å². The number of benzene rings is 1. The van der Waals surface area contributed by atoms with Crippen molar-refractivity contribution >= 4 is 11.9 Å². The van der Waals surface area contributed by atoms with Gasteiger partial charge in [-0.1, -0.05) is 93.7 Å². The minimum atomic E-state index is -1.16. The van der Waals surface area contributed by atoms with Crippen LogP contribution in [-0.2, 0) is 26.3 Å². The van der Waals surface area contributed by atoms with E-state index in [-0.39, 0.29) is 47.1 Å². The number of nitrogens with zero attached hydrogens (tertiary/aromatic N) is 2. The number of carbonyl (C=O) groups is 2. The van der Waals surface area contributed by atoms with E-state index in [4.69, 9.17) is 15.2 Å². The molecule has 0 unspecified atom stereocenters. The van der Waals surface area contributed by atoms with Gasteiger partial charge in [-0.05, 0) is 227 Å². The minimum Gasteiger partial charge on any atom is -0.509 e. The number of esters is 2. The molecule has 1 aromatic carbocycles. The van der Waals surface area contributed by atoms with Crippen LogP contribution in [0, 0.1) is 116 Å². The van der Waals surface area contributed by atoms with Gasteiger partial charge >= 0.3 is 11.9 Å². The fraction of sp³-hybridized carbons (Fsp3) is 0.753. The molecule has 3 saturated heterocycles. The number of aliphatic hydroxyl groups excluding tert-OH is 1. The highest BCUT2D eigenvalue weighted by atomic mass is 16.6. The molecule has 18 aliphatic rings. The molecular formula is C73H91N3O5. The Hall–Kier alpha value is -3.80. The van der Waals surface area contributed by atoms with Gasteiger partial charge in [0, 0.05) is 73.1 Å². The zero-order valence-corrected chi connectivity index (χ0v) is 48.8. The molecule has 11 bridgehead atoms. The molecule has 7 heterocycles. The summed E-state index contributed by atoms with van der Waals surface area (Å²) >= 11 is 0. The van der Waals surface area contributed by atoms with Crippen LogP contribution in [0.3, 0.4) is 0 Å². The Labute approximate surface area is 482 Å². The number of nitrogens with two attached hydrogens (primary N) is 1. The number of rotatable bonds is 4. The third kappa shape index (κ3) is 5.62. The Kier molecular flexibility index (Phi) is 10.3. The normalized spacial score (nSPS) is 50.8. The molecule has 6 spiro atoms. The summed E-state index contributed by atoms with van der Waals surface area (Å²) in [5.41, 5.74) is 12.9. The maximum Gasteiger partial charge on any atom is 0.339 e. The van der Waals surface area contributed by atoms with Gasteiger partial charge in [-0.25, -0.2) is 4.79 Å². The van der Waals surface area contributed by atoms with Crippen LogP contribution in [0.15, 0.2) is 64.3 Å². The lowest BCUT2D eigenvalue weighted by atomic mass is 9.27. The van der Waals surface area contributed by atoms with Gasteiger partial charge in [0.2, 0.25) is 0 Å². The smallest absolute Gasteiger partial charge is 0.339 e. The van der Waals surface area contributed by atoms with Crippen molar-refractivity contribution < 1.29 is 24.2 Å². The van der Waals surface area contributed by atoms with Crippen molar-refractivity contribution in [3.63, 3.8) is 0 Å². The van der Waals surface area contributed by atoms with Crippen molar-refractivity contribution in [2.24, 2.45) is 110 Å². The van der Waals surface area contributed by atoms with Crippen LogP contribution in [-0.4, -0.2) is 64.6 Å². The molecule has 0 radical (unpaired) electrons. The van der Waals surface area contributed by atoms with Crippen molar-refractivity contribution in [2.75, 3.05) is 19.6 Å². The van der Waals surface area contributed by atoms with Crippen LogP contribution < -0.4 is 5.73 Å². The van der Waals surface area contributed by atoms with E-state index in [0.29, 0.717) is 119 Å². The number of aryl methyl sites for hydroxylation is 1. The van der Waals surface area contributed by atoms with E-state index in [2.05, 4.69) is 58.9 Å². The average Bonchev–Trinajstić information content (AvgIpc) is 1.67. The molecule has 81 heavy (non-hydrogen) atoms. The number of allylic oxidation sites excluding steroid dienone is 4. The van der Waals surface area contributed by atoms with Crippen molar-refractivity contribution in [3.05, 3.63) is 81.0 Å². The lowest BCUT2D eigenvalue weighted by Gasteiger charge is -2.73. The molecule has 0 aromatic heterocycles. The summed E-state index contributed by atoms with van der Waals surface area (Å²) in [5.74, 6) is 14.3. The van der Waals surface area contributed by atoms with Crippen molar-refractivity contribution in [2.45, 2.75) is 217 Å². The molecule has 428 valence electrons. The first kappa shape index (κ1) is 49.5. The monoisotopic (exact) mass is 1090 g/mol. The minimum absolute atomic E-state index is 0.0917. The number of piperidine rings is 2. The first-order valence-electron chi connectivity index (χ1n) is 34.5. The maximum absolute atomic E-state index is 16.9. The Bertz CT molecular complexity index is 3160. The van der Waals surface area contributed by atoms with E-state index in [9.17, 15) is 5.11 Å². The second-order valence-electron chi connectivity index (χ2n) is 32.0.